The molecule has 1 aliphatic rings. The summed E-state index contributed by atoms with van der Waals surface area (Å²) in [4.78, 5) is 24.8. The van der Waals surface area contributed by atoms with Gasteiger partial charge in [-0.1, -0.05) is 37.1 Å². The van der Waals surface area contributed by atoms with E-state index in [1.54, 1.807) is 18.6 Å². The number of hydrogen-bond acceptors (Lipinski definition) is 5. The number of carbonyl (C=O) groups is 1. The van der Waals surface area contributed by atoms with Gasteiger partial charge in [0.15, 0.2) is 0 Å². The minimum absolute atomic E-state index is 0.114. The molecule has 1 aromatic carbocycles. The average Bonchev–Trinajstić information content (AvgIpc) is 3.24. The maximum atomic E-state index is 12.3. The number of nitrogens with one attached hydrogen (secondary N) is 1. The van der Waals surface area contributed by atoms with E-state index in [1.807, 2.05) is 36.4 Å². The van der Waals surface area contributed by atoms with Crippen LogP contribution < -0.4 is 11.1 Å². The molecule has 0 aliphatic heterocycles. The van der Waals surface area contributed by atoms with Crippen molar-refractivity contribution in [2.45, 2.75) is 25.7 Å². The largest absolute Gasteiger partial charge is 0.368 e. The Balaban J connectivity index is 1.51. The van der Waals surface area contributed by atoms with Crippen molar-refractivity contribution in [1.82, 2.24) is 15.0 Å². The lowest BCUT2D eigenvalue weighted by Crippen LogP contribution is -2.20. The van der Waals surface area contributed by atoms with Gasteiger partial charge in [0.25, 0.3) is 0 Å². The van der Waals surface area contributed by atoms with Gasteiger partial charge in [-0.15, -0.1) is 0 Å². The average molecular weight is 359 g/mol. The molecule has 3 N–H and O–H groups in total. The number of benzene rings is 1. The SMILES string of the molecule is Nc1ncc(-c2ccc(-c3cc(NC(=O)C4CCCC4)ccn3)cc2)cn1. The predicted octanol–water partition coefficient (Wildman–Crippen LogP) is 3.92. The van der Waals surface area contributed by atoms with E-state index in [0.717, 1.165) is 53.8 Å². The van der Waals surface area contributed by atoms with E-state index in [1.165, 1.54) is 0 Å². The molecular formula is C21H21N5O. The monoisotopic (exact) mass is 359 g/mol. The summed E-state index contributed by atoms with van der Waals surface area (Å²) in [6.45, 7) is 0. The second-order valence-corrected chi connectivity index (χ2v) is 6.81. The van der Waals surface area contributed by atoms with Crippen LogP contribution in [-0.4, -0.2) is 20.9 Å². The Bertz CT molecular complexity index is 932. The molecule has 0 saturated heterocycles. The van der Waals surface area contributed by atoms with Gasteiger partial charge in [0.1, 0.15) is 0 Å². The number of pyridine rings is 1. The Kier molecular flexibility index (Phi) is 4.78. The Labute approximate surface area is 157 Å². The van der Waals surface area contributed by atoms with Crippen molar-refractivity contribution < 1.29 is 4.79 Å². The van der Waals surface area contributed by atoms with Crippen LogP contribution in [0.4, 0.5) is 11.6 Å². The van der Waals surface area contributed by atoms with Gasteiger partial charge in [-0.2, -0.15) is 0 Å². The van der Waals surface area contributed by atoms with E-state index in [4.69, 9.17) is 5.73 Å². The van der Waals surface area contributed by atoms with Crippen molar-refractivity contribution in [3.05, 3.63) is 55.0 Å². The maximum absolute atomic E-state index is 12.3. The standard InChI is InChI=1S/C21H21N5O/c22-21-24-12-17(13-25-21)14-5-7-15(8-6-14)19-11-18(9-10-23-19)26-20(27)16-3-1-2-4-16/h5-13,16H,1-4H2,(H2,22,24,25)(H,23,26,27). The minimum atomic E-state index is 0.114. The first-order valence-corrected chi connectivity index (χ1v) is 9.14. The highest BCUT2D eigenvalue weighted by atomic mass is 16.1. The van der Waals surface area contributed by atoms with Crippen LogP contribution in [0.3, 0.4) is 0 Å². The Hall–Kier alpha value is -3.28. The fourth-order valence-electron chi connectivity index (χ4n) is 3.42. The van der Waals surface area contributed by atoms with Gasteiger partial charge in [-0.05, 0) is 30.5 Å². The third-order valence-corrected chi connectivity index (χ3v) is 4.94. The lowest BCUT2D eigenvalue weighted by atomic mass is 10.0. The van der Waals surface area contributed by atoms with Crippen LogP contribution in [0.2, 0.25) is 0 Å². The maximum Gasteiger partial charge on any atom is 0.227 e. The molecule has 0 spiro atoms. The number of aromatic nitrogens is 3. The molecule has 1 aliphatic carbocycles. The van der Waals surface area contributed by atoms with Crippen LogP contribution in [0.5, 0.6) is 0 Å². The fraction of sp³-hybridized carbons (Fsp3) is 0.238. The fourth-order valence-corrected chi connectivity index (χ4v) is 3.42. The molecule has 1 fully saturated rings. The summed E-state index contributed by atoms with van der Waals surface area (Å²) in [7, 11) is 0. The Morgan fingerprint density at radius 2 is 1.59 bits per heavy atom. The molecule has 6 nitrogen and oxygen atoms in total. The van der Waals surface area contributed by atoms with Crippen LogP contribution in [0, 0.1) is 5.92 Å². The zero-order chi connectivity index (χ0) is 18.6. The number of nitrogen functional groups attached to an aromatic ring is 1. The number of hydrogen-bond donors (Lipinski definition) is 2. The number of rotatable bonds is 4. The normalized spacial score (nSPS) is 14.2. The molecule has 2 aromatic heterocycles. The summed E-state index contributed by atoms with van der Waals surface area (Å²) < 4.78 is 0. The van der Waals surface area contributed by atoms with Gasteiger partial charge in [0, 0.05) is 41.3 Å². The second-order valence-electron chi connectivity index (χ2n) is 6.81. The second kappa shape index (κ2) is 7.53. The van der Waals surface area contributed by atoms with Gasteiger partial charge in [-0.25, -0.2) is 9.97 Å². The van der Waals surface area contributed by atoms with Gasteiger partial charge >= 0.3 is 0 Å². The highest BCUT2D eigenvalue weighted by Gasteiger charge is 2.22. The van der Waals surface area contributed by atoms with Crippen molar-refractivity contribution in [3.8, 4) is 22.4 Å². The third kappa shape index (κ3) is 3.95. The molecule has 1 saturated carbocycles. The summed E-state index contributed by atoms with van der Waals surface area (Å²) in [6.07, 6.45) is 9.39. The first-order chi connectivity index (χ1) is 13.2. The summed E-state index contributed by atoms with van der Waals surface area (Å²) in [5, 5.41) is 3.03. The number of nitrogens with two attached hydrogens (primary N) is 1. The van der Waals surface area contributed by atoms with E-state index in [2.05, 4.69) is 20.3 Å². The van der Waals surface area contributed by atoms with Crippen LogP contribution in [0.25, 0.3) is 22.4 Å². The predicted molar refractivity (Wildman–Crippen MR) is 106 cm³/mol. The summed E-state index contributed by atoms with van der Waals surface area (Å²) in [5.74, 6) is 0.516. The zero-order valence-electron chi connectivity index (χ0n) is 14.9. The molecule has 3 aromatic rings. The minimum Gasteiger partial charge on any atom is -0.368 e. The van der Waals surface area contributed by atoms with Crippen molar-refractivity contribution in [3.63, 3.8) is 0 Å². The van der Waals surface area contributed by atoms with E-state index in [0.29, 0.717) is 0 Å². The van der Waals surface area contributed by atoms with E-state index in [9.17, 15) is 4.79 Å². The molecule has 0 unspecified atom stereocenters. The molecule has 6 heteroatoms. The Morgan fingerprint density at radius 1 is 0.926 bits per heavy atom. The van der Waals surface area contributed by atoms with Crippen molar-refractivity contribution in [2.75, 3.05) is 11.1 Å². The van der Waals surface area contributed by atoms with Crippen LogP contribution >= 0.6 is 0 Å². The molecule has 0 bridgehead atoms. The van der Waals surface area contributed by atoms with Crippen molar-refractivity contribution in [2.24, 2.45) is 5.92 Å². The summed E-state index contributed by atoms with van der Waals surface area (Å²) in [5.41, 5.74) is 10.0. The van der Waals surface area contributed by atoms with Gasteiger partial charge in [0.05, 0.1) is 5.69 Å². The number of anilines is 2. The molecule has 4 rings (SSSR count). The molecule has 0 atom stereocenters. The smallest absolute Gasteiger partial charge is 0.227 e. The number of carbonyl (C=O) groups excluding carboxylic acids is 1. The molecule has 0 radical (unpaired) electrons. The first kappa shape index (κ1) is 17.1. The van der Waals surface area contributed by atoms with E-state index >= 15 is 0 Å². The van der Waals surface area contributed by atoms with Gasteiger partial charge < -0.3 is 11.1 Å². The van der Waals surface area contributed by atoms with Crippen molar-refractivity contribution >= 4 is 17.5 Å². The van der Waals surface area contributed by atoms with Crippen LogP contribution in [0.15, 0.2) is 55.0 Å². The third-order valence-electron chi connectivity index (χ3n) is 4.94. The molecule has 27 heavy (non-hydrogen) atoms. The van der Waals surface area contributed by atoms with Crippen molar-refractivity contribution in [1.29, 1.82) is 0 Å². The molecule has 1 amide bonds. The molecule has 2 heterocycles. The molecular weight excluding hydrogens is 338 g/mol. The van der Waals surface area contributed by atoms with Crippen LogP contribution in [0.1, 0.15) is 25.7 Å². The zero-order valence-corrected chi connectivity index (χ0v) is 14.9. The molecule has 136 valence electrons. The van der Waals surface area contributed by atoms with E-state index in [-0.39, 0.29) is 17.8 Å². The highest BCUT2D eigenvalue weighted by Crippen LogP contribution is 2.27. The topological polar surface area (TPSA) is 93.8 Å². The summed E-state index contributed by atoms with van der Waals surface area (Å²) in [6, 6.07) is 11.7. The lowest BCUT2D eigenvalue weighted by molar-refractivity contribution is -0.119. The Morgan fingerprint density at radius 3 is 2.30 bits per heavy atom. The van der Waals surface area contributed by atoms with Gasteiger partial charge in [0.2, 0.25) is 11.9 Å². The van der Waals surface area contributed by atoms with Gasteiger partial charge in [-0.3, -0.25) is 9.78 Å². The van der Waals surface area contributed by atoms with Crippen LogP contribution in [-0.2, 0) is 4.79 Å². The number of nitrogens with zero attached hydrogens (tertiary/aromatic N) is 3. The summed E-state index contributed by atoms with van der Waals surface area (Å²) >= 11 is 0. The lowest BCUT2D eigenvalue weighted by Gasteiger charge is -2.11. The quantitative estimate of drug-likeness (QED) is 0.736. The van der Waals surface area contributed by atoms with E-state index < -0.39 is 0 Å². The first-order valence-electron chi connectivity index (χ1n) is 9.14. The number of amides is 1. The highest BCUT2D eigenvalue weighted by molar-refractivity contribution is 5.93.